The van der Waals surface area contributed by atoms with Crippen molar-refractivity contribution in [3.8, 4) is 0 Å². The van der Waals surface area contributed by atoms with Gasteiger partial charge in [-0.3, -0.25) is 9.11 Å². The summed E-state index contributed by atoms with van der Waals surface area (Å²) in [5.41, 5.74) is -0.432. The molecule has 0 radical (unpaired) electrons. The predicted molar refractivity (Wildman–Crippen MR) is 57.7 cm³/mol. The maximum absolute atomic E-state index is 11.1. The van der Waals surface area contributed by atoms with Crippen LogP contribution in [0.4, 0.5) is 0 Å². The normalized spacial score (nSPS) is 29.5. The van der Waals surface area contributed by atoms with Gasteiger partial charge in [-0.2, -0.15) is 0 Å². The Bertz CT molecular complexity index is 216. The average molecular weight is 217 g/mol. The maximum Gasteiger partial charge on any atom is 0.0774 e. The van der Waals surface area contributed by atoms with Gasteiger partial charge in [0.15, 0.2) is 0 Å². The van der Waals surface area contributed by atoms with Crippen molar-refractivity contribution in [3.63, 3.8) is 0 Å². The Morgan fingerprint density at radius 1 is 1.21 bits per heavy atom. The van der Waals surface area contributed by atoms with Crippen molar-refractivity contribution in [2.45, 2.75) is 31.3 Å². The first-order chi connectivity index (χ1) is 6.68. The topological polar surface area (TPSA) is 40.5 Å². The molecule has 14 heavy (non-hydrogen) atoms. The molecule has 2 rings (SSSR count). The minimum Gasteiger partial charge on any atom is -0.389 e. The lowest BCUT2D eigenvalue weighted by Gasteiger charge is -2.33. The maximum atomic E-state index is 11.1. The zero-order chi connectivity index (χ0) is 10.0. The predicted octanol–water partition coefficient (Wildman–Crippen LogP) is 0.356. The summed E-state index contributed by atoms with van der Waals surface area (Å²) in [6, 6.07) is 0. The van der Waals surface area contributed by atoms with E-state index in [4.69, 9.17) is 0 Å². The molecule has 4 heteroatoms. The highest BCUT2D eigenvalue weighted by atomic mass is 32.2. The third-order valence-corrected chi connectivity index (χ3v) is 4.60. The number of aliphatic hydroxyl groups is 1. The lowest BCUT2D eigenvalue weighted by atomic mass is 10.0. The first-order valence-electron chi connectivity index (χ1n) is 5.48. The van der Waals surface area contributed by atoms with Crippen LogP contribution in [-0.4, -0.2) is 51.0 Å². The number of hydrogen-bond acceptors (Lipinski definition) is 3. The lowest BCUT2D eigenvalue weighted by molar-refractivity contribution is 0.0119. The fourth-order valence-corrected chi connectivity index (χ4v) is 3.57. The van der Waals surface area contributed by atoms with E-state index in [-0.39, 0.29) is 0 Å². The molecule has 1 aliphatic heterocycles. The summed E-state index contributed by atoms with van der Waals surface area (Å²) < 4.78 is 11.1. The lowest BCUT2D eigenvalue weighted by Crippen LogP contribution is -2.46. The Labute approximate surface area is 87.9 Å². The Morgan fingerprint density at radius 2 is 1.79 bits per heavy atom. The molecule has 1 saturated heterocycles. The van der Waals surface area contributed by atoms with Crippen LogP contribution in [0.2, 0.25) is 0 Å². The van der Waals surface area contributed by atoms with Gasteiger partial charge in [0.25, 0.3) is 0 Å². The summed E-state index contributed by atoms with van der Waals surface area (Å²) in [7, 11) is -0.601. The van der Waals surface area contributed by atoms with Crippen molar-refractivity contribution in [1.29, 1.82) is 0 Å². The van der Waals surface area contributed by atoms with Gasteiger partial charge < -0.3 is 5.11 Å². The van der Waals surface area contributed by atoms with Crippen LogP contribution in [0, 0.1) is 0 Å². The van der Waals surface area contributed by atoms with Crippen molar-refractivity contribution < 1.29 is 9.32 Å². The molecule has 0 aromatic heterocycles. The molecule has 0 bridgehead atoms. The molecule has 3 nitrogen and oxygen atoms in total. The molecule has 2 fully saturated rings. The molecule has 1 saturated carbocycles. The van der Waals surface area contributed by atoms with Crippen molar-refractivity contribution in [2.24, 2.45) is 0 Å². The first-order valence-corrected chi connectivity index (χ1v) is 6.97. The van der Waals surface area contributed by atoms with Gasteiger partial charge in [-0.25, -0.2) is 0 Å². The number of hydrogen-bond donors (Lipinski definition) is 1. The summed E-state index contributed by atoms with van der Waals surface area (Å²) in [4.78, 5) is 2.27. The molecule has 1 aliphatic carbocycles. The fourth-order valence-electron chi connectivity index (χ4n) is 2.44. The molecule has 0 atom stereocenters. The molecule has 0 aromatic rings. The molecule has 2 aliphatic rings. The number of nitrogens with zero attached hydrogens (tertiary/aromatic N) is 1. The second-order valence-corrected chi connectivity index (χ2v) is 6.25. The van der Waals surface area contributed by atoms with Crippen LogP contribution in [0.3, 0.4) is 0 Å². The van der Waals surface area contributed by atoms with E-state index in [1.807, 2.05) is 0 Å². The summed E-state index contributed by atoms with van der Waals surface area (Å²) in [5, 5.41) is 10.2. The smallest absolute Gasteiger partial charge is 0.0774 e. The molecular weight excluding hydrogens is 198 g/mol. The summed E-state index contributed by atoms with van der Waals surface area (Å²) in [6.07, 6.45) is 4.23. The van der Waals surface area contributed by atoms with E-state index >= 15 is 0 Å². The minimum atomic E-state index is -0.601. The van der Waals surface area contributed by atoms with Crippen LogP contribution in [0.25, 0.3) is 0 Å². The number of rotatable bonds is 2. The van der Waals surface area contributed by atoms with E-state index in [0.29, 0.717) is 0 Å². The second-order valence-electron chi connectivity index (χ2n) is 4.56. The molecule has 0 spiro atoms. The quantitative estimate of drug-likeness (QED) is 0.726. The van der Waals surface area contributed by atoms with Gasteiger partial charge in [0.05, 0.1) is 5.60 Å². The van der Waals surface area contributed by atoms with Gasteiger partial charge in [0.2, 0.25) is 0 Å². The van der Waals surface area contributed by atoms with Gasteiger partial charge in [0.1, 0.15) is 0 Å². The third kappa shape index (κ3) is 2.55. The van der Waals surface area contributed by atoms with Crippen molar-refractivity contribution in [2.75, 3.05) is 31.1 Å². The van der Waals surface area contributed by atoms with Crippen molar-refractivity contribution in [1.82, 2.24) is 4.90 Å². The Balaban J connectivity index is 1.82. The standard InChI is InChI=1S/C10H19NO2S/c12-10(3-1-2-4-10)9-11-5-7-14(13)8-6-11/h12H,1-9H2. The molecule has 1 heterocycles. The second kappa shape index (κ2) is 4.29. The molecule has 1 N–H and O–H groups in total. The van der Waals surface area contributed by atoms with E-state index in [0.717, 1.165) is 56.8 Å². The highest BCUT2D eigenvalue weighted by molar-refractivity contribution is 7.85. The third-order valence-electron chi connectivity index (χ3n) is 3.32. The summed E-state index contributed by atoms with van der Waals surface area (Å²) >= 11 is 0. The van der Waals surface area contributed by atoms with E-state index in [9.17, 15) is 9.32 Å². The van der Waals surface area contributed by atoms with Gasteiger partial charge in [0, 0.05) is 41.9 Å². The minimum absolute atomic E-state index is 0.432. The van der Waals surface area contributed by atoms with Gasteiger partial charge in [-0.05, 0) is 12.8 Å². The van der Waals surface area contributed by atoms with Crippen LogP contribution in [0.1, 0.15) is 25.7 Å². The van der Waals surface area contributed by atoms with Crippen molar-refractivity contribution >= 4 is 10.8 Å². The largest absolute Gasteiger partial charge is 0.389 e. The zero-order valence-corrected chi connectivity index (χ0v) is 9.39. The molecule has 82 valence electrons. The van der Waals surface area contributed by atoms with Crippen LogP contribution in [0.15, 0.2) is 0 Å². The summed E-state index contributed by atoms with van der Waals surface area (Å²) in [5.74, 6) is 1.58. The van der Waals surface area contributed by atoms with Crippen LogP contribution >= 0.6 is 0 Å². The molecule has 0 unspecified atom stereocenters. The van der Waals surface area contributed by atoms with E-state index < -0.39 is 16.4 Å². The highest BCUT2D eigenvalue weighted by Gasteiger charge is 2.33. The monoisotopic (exact) mass is 217 g/mol. The van der Waals surface area contributed by atoms with Gasteiger partial charge >= 0.3 is 0 Å². The van der Waals surface area contributed by atoms with E-state index in [1.165, 1.54) is 0 Å². The van der Waals surface area contributed by atoms with Gasteiger partial charge in [-0.15, -0.1) is 0 Å². The SMILES string of the molecule is O=S1CCN(CC2(O)CCCC2)CC1. The van der Waals surface area contributed by atoms with E-state index in [1.54, 1.807) is 0 Å². The Hall–Kier alpha value is 0.0700. The highest BCUT2D eigenvalue weighted by Crippen LogP contribution is 2.30. The summed E-state index contributed by atoms with van der Waals surface area (Å²) in [6.45, 7) is 2.59. The van der Waals surface area contributed by atoms with Gasteiger partial charge in [-0.1, -0.05) is 12.8 Å². The molecule has 0 amide bonds. The molecule has 0 aromatic carbocycles. The Morgan fingerprint density at radius 3 is 2.36 bits per heavy atom. The fraction of sp³-hybridized carbons (Fsp3) is 1.00. The van der Waals surface area contributed by atoms with Crippen LogP contribution in [-0.2, 0) is 10.8 Å². The van der Waals surface area contributed by atoms with Crippen molar-refractivity contribution in [3.05, 3.63) is 0 Å². The first kappa shape index (κ1) is 10.6. The van der Waals surface area contributed by atoms with Crippen LogP contribution < -0.4 is 0 Å². The Kier molecular flexibility index (Phi) is 3.24. The average Bonchev–Trinajstić information content (AvgIpc) is 2.57. The number of β-amino-alcohol motifs (C(OH)–C–C–N with tert-alkyl or cyclic N) is 1. The van der Waals surface area contributed by atoms with E-state index in [2.05, 4.69) is 4.90 Å². The molecular formula is C10H19NO2S. The van der Waals surface area contributed by atoms with Crippen LogP contribution in [0.5, 0.6) is 0 Å². The zero-order valence-electron chi connectivity index (χ0n) is 8.57.